The molecule has 2 rings (SSSR count). The minimum absolute atomic E-state index is 0.0362. The lowest BCUT2D eigenvalue weighted by Crippen LogP contribution is -2.68. The highest BCUT2D eigenvalue weighted by Crippen LogP contribution is 2.63. The Hall–Kier alpha value is 0.314. The van der Waals surface area contributed by atoms with Gasteiger partial charge < -0.3 is 13.6 Å². The molecule has 2 fully saturated rings. The lowest BCUT2D eigenvalue weighted by atomic mass is 9.50. The Kier molecular flexibility index (Phi) is 10.4. The van der Waals surface area contributed by atoms with Crippen LogP contribution in [0.2, 0.25) is 0 Å². The first-order valence-corrected chi connectivity index (χ1v) is 16.4. The van der Waals surface area contributed by atoms with Crippen molar-refractivity contribution in [1.29, 1.82) is 0 Å². The van der Waals surface area contributed by atoms with E-state index in [9.17, 15) is 0 Å². The second-order valence-corrected chi connectivity index (χ2v) is 15.9. The summed E-state index contributed by atoms with van der Waals surface area (Å²) in [5, 5.41) is 0. The summed E-state index contributed by atoms with van der Waals surface area (Å²) in [6, 6.07) is 0. The van der Waals surface area contributed by atoms with Crippen LogP contribution in [0, 0.1) is 33.5 Å². The van der Waals surface area contributed by atoms with Crippen molar-refractivity contribution in [2.45, 2.75) is 145 Å². The van der Waals surface area contributed by atoms with Gasteiger partial charge in [-0.25, -0.2) is 0 Å². The molecule has 0 radical (unpaired) electrons. The van der Waals surface area contributed by atoms with Gasteiger partial charge in [-0.2, -0.15) is 0 Å². The van der Waals surface area contributed by atoms with E-state index in [0.29, 0.717) is 22.7 Å². The molecule has 0 bridgehead atoms. The monoisotopic (exact) mass is 526 g/mol. The van der Waals surface area contributed by atoms with Gasteiger partial charge in [-0.05, 0) is 72.0 Å². The van der Waals surface area contributed by atoms with Gasteiger partial charge in [0.25, 0.3) is 0 Å². The van der Waals surface area contributed by atoms with Crippen molar-refractivity contribution in [2.24, 2.45) is 33.5 Å². The summed E-state index contributed by atoms with van der Waals surface area (Å²) in [6.45, 7) is 26.2. The van der Waals surface area contributed by atoms with Crippen LogP contribution in [0.4, 0.5) is 0 Å². The van der Waals surface area contributed by atoms with E-state index in [2.05, 4.69) is 69.2 Å². The van der Waals surface area contributed by atoms with Crippen LogP contribution in [0.3, 0.4) is 0 Å². The molecule has 35 heavy (non-hydrogen) atoms. The zero-order valence-corrected chi connectivity index (χ0v) is 29.9. The van der Waals surface area contributed by atoms with Crippen LogP contribution >= 0.6 is 0 Å². The quantitative estimate of drug-likeness (QED) is 0.276. The van der Waals surface area contributed by atoms with E-state index in [-0.39, 0.29) is 22.0 Å². The van der Waals surface area contributed by atoms with Gasteiger partial charge >= 0.3 is 0 Å². The van der Waals surface area contributed by atoms with Gasteiger partial charge in [0.1, 0.15) is 21.0 Å². The number of ether oxygens (including phenoxy) is 1. The van der Waals surface area contributed by atoms with E-state index in [1.165, 1.54) is 51.4 Å². The Morgan fingerprint density at radius 1 is 0.686 bits per heavy atom. The standard InChI is InChI=1S/C30H62O3Si2/c1-11-17-25(3,4)23-15-13-19-29(21-31-34,27(23,7)8)33-30(22-32-35)20-14-16-24(28(30,9)10)26(5,6)18-12-2/h23-24H,11-22H2,1-10,34-35H3. The van der Waals surface area contributed by atoms with Crippen molar-refractivity contribution in [3.8, 4) is 0 Å². The zero-order chi connectivity index (χ0) is 26.8. The van der Waals surface area contributed by atoms with Crippen molar-refractivity contribution in [3.05, 3.63) is 0 Å². The van der Waals surface area contributed by atoms with Crippen LogP contribution in [0.5, 0.6) is 0 Å². The maximum atomic E-state index is 7.82. The zero-order valence-electron chi connectivity index (χ0n) is 25.9. The van der Waals surface area contributed by atoms with Crippen LogP contribution in [0.15, 0.2) is 0 Å². The molecule has 4 atom stereocenters. The van der Waals surface area contributed by atoms with Crippen molar-refractivity contribution in [1.82, 2.24) is 0 Å². The van der Waals surface area contributed by atoms with Gasteiger partial charge in [0.05, 0.1) is 24.4 Å². The van der Waals surface area contributed by atoms with E-state index in [1.54, 1.807) is 0 Å². The van der Waals surface area contributed by atoms with Crippen molar-refractivity contribution in [2.75, 3.05) is 13.2 Å². The number of hydrogen-bond acceptors (Lipinski definition) is 3. The average Bonchev–Trinajstić information content (AvgIpc) is 2.72. The lowest BCUT2D eigenvalue weighted by Gasteiger charge is -2.65. The average molecular weight is 527 g/mol. The van der Waals surface area contributed by atoms with Crippen LogP contribution < -0.4 is 0 Å². The van der Waals surface area contributed by atoms with Gasteiger partial charge in [0, 0.05) is 0 Å². The van der Waals surface area contributed by atoms with Gasteiger partial charge in [-0.15, -0.1) is 0 Å². The predicted octanol–water partition coefficient (Wildman–Crippen LogP) is 6.38. The first-order valence-electron chi connectivity index (χ1n) is 14.8. The first-order chi connectivity index (χ1) is 16.1. The van der Waals surface area contributed by atoms with Gasteiger partial charge in [-0.1, -0.05) is 94.9 Å². The molecule has 0 aromatic rings. The molecule has 0 spiro atoms. The molecule has 0 aliphatic heterocycles. The SMILES string of the molecule is CCCC(C)(C)C1CCCC(CO[SiH3])(OC2(CO[SiH3])CCCC(C(C)(C)CCC)C2(C)C)C1(C)C. The summed E-state index contributed by atoms with van der Waals surface area (Å²) in [5.74, 6) is 1.24. The van der Waals surface area contributed by atoms with E-state index in [1.807, 2.05) is 0 Å². The highest BCUT2D eigenvalue weighted by molar-refractivity contribution is 5.98. The lowest BCUT2D eigenvalue weighted by molar-refractivity contribution is -0.307. The molecule has 5 heteroatoms. The maximum Gasteiger partial charge on any atom is 0.146 e. The minimum atomic E-state index is -0.267. The second kappa shape index (κ2) is 11.6. The van der Waals surface area contributed by atoms with Crippen molar-refractivity contribution >= 4 is 21.0 Å². The fraction of sp³-hybridized carbons (Fsp3) is 1.00. The van der Waals surface area contributed by atoms with Crippen molar-refractivity contribution < 1.29 is 13.6 Å². The molecule has 3 nitrogen and oxygen atoms in total. The molecule has 0 aromatic carbocycles. The van der Waals surface area contributed by atoms with Crippen LogP contribution in [-0.4, -0.2) is 45.4 Å². The summed E-state index contributed by atoms with van der Waals surface area (Å²) >= 11 is 0. The number of rotatable bonds is 12. The first kappa shape index (κ1) is 31.5. The van der Waals surface area contributed by atoms with E-state index in [0.717, 1.165) is 47.0 Å². The molecule has 2 aliphatic rings. The molecule has 2 saturated carbocycles. The van der Waals surface area contributed by atoms with Crippen molar-refractivity contribution in [3.63, 3.8) is 0 Å². The molecule has 0 heterocycles. The Morgan fingerprint density at radius 2 is 1.03 bits per heavy atom. The second-order valence-electron chi connectivity index (χ2n) is 14.8. The molecular weight excluding hydrogens is 464 g/mol. The topological polar surface area (TPSA) is 27.7 Å². The molecule has 2 aliphatic carbocycles. The Bertz CT molecular complexity index is 611. The third-order valence-corrected chi connectivity index (χ3v) is 11.6. The summed E-state index contributed by atoms with van der Waals surface area (Å²) in [5.41, 5.74) is 0.137. The highest BCUT2D eigenvalue weighted by atomic mass is 28.2. The summed E-state index contributed by atoms with van der Waals surface area (Å²) < 4.78 is 20.2. The summed E-state index contributed by atoms with van der Waals surface area (Å²) in [7, 11) is 1.51. The van der Waals surface area contributed by atoms with E-state index in [4.69, 9.17) is 13.6 Å². The highest BCUT2D eigenvalue weighted by Gasteiger charge is 2.63. The fourth-order valence-corrected chi connectivity index (χ4v) is 10.3. The summed E-state index contributed by atoms with van der Waals surface area (Å²) in [6.07, 6.45) is 12.3. The van der Waals surface area contributed by atoms with E-state index >= 15 is 0 Å². The van der Waals surface area contributed by atoms with Gasteiger partial charge in [0.15, 0.2) is 0 Å². The smallest absolute Gasteiger partial charge is 0.146 e. The fourth-order valence-electron chi connectivity index (χ4n) is 9.34. The minimum Gasteiger partial charge on any atom is -0.425 e. The normalized spacial score (nSPS) is 33.8. The predicted molar refractivity (Wildman–Crippen MR) is 158 cm³/mol. The van der Waals surface area contributed by atoms with Crippen LogP contribution in [0.25, 0.3) is 0 Å². The van der Waals surface area contributed by atoms with Gasteiger partial charge in [-0.3, -0.25) is 0 Å². The maximum absolute atomic E-state index is 7.82. The molecule has 0 saturated heterocycles. The Morgan fingerprint density at radius 3 is 1.31 bits per heavy atom. The molecular formula is C30H62O3Si2. The molecule has 0 amide bonds. The number of hydrogen-bond donors (Lipinski definition) is 0. The largest absolute Gasteiger partial charge is 0.425 e. The molecule has 208 valence electrons. The third-order valence-electron chi connectivity index (χ3n) is 11.1. The van der Waals surface area contributed by atoms with Crippen LogP contribution in [0.1, 0.15) is 133 Å². The van der Waals surface area contributed by atoms with Crippen LogP contribution in [-0.2, 0) is 13.6 Å². The Labute approximate surface area is 225 Å². The van der Waals surface area contributed by atoms with E-state index < -0.39 is 0 Å². The molecule has 0 N–H and O–H groups in total. The Balaban J connectivity index is 2.60. The third kappa shape index (κ3) is 5.84. The van der Waals surface area contributed by atoms with Gasteiger partial charge in [0.2, 0.25) is 0 Å². The molecule has 4 unspecified atom stereocenters. The summed E-state index contributed by atoms with van der Waals surface area (Å²) in [4.78, 5) is 0. The molecule has 0 aromatic heterocycles.